The van der Waals surface area contributed by atoms with Crippen molar-refractivity contribution in [2.24, 2.45) is 5.41 Å². The van der Waals surface area contributed by atoms with Crippen LogP contribution >= 0.6 is 0 Å². The fraction of sp³-hybridized carbons (Fsp3) is 0.360. The highest BCUT2D eigenvalue weighted by atomic mass is 19.3. The Labute approximate surface area is 206 Å². The van der Waals surface area contributed by atoms with Crippen LogP contribution in [0.4, 0.5) is 8.78 Å². The number of hydrogen-bond donors (Lipinski definition) is 2. The number of nitriles is 1. The van der Waals surface area contributed by atoms with E-state index in [2.05, 4.69) is 20.0 Å². The van der Waals surface area contributed by atoms with Crippen molar-refractivity contribution < 1.29 is 32.6 Å². The molecule has 0 spiro atoms. The predicted molar refractivity (Wildman–Crippen MR) is 126 cm³/mol. The Bertz CT molecular complexity index is 1240. The molecule has 1 atom stereocenters. The normalized spacial score (nSPS) is 15.3. The van der Waals surface area contributed by atoms with Crippen molar-refractivity contribution in [2.75, 3.05) is 14.2 Å². The molecule has 36 heavy (non-hydrogen) atoms. The van der Waals surface area contributed by atoms with E-state index in [1.165, 1.54) is 45.5 Å². The third-order valence-corrected chi connectivity index (χ3v) is 5.58. The fourth-order valence-corrected chi connectivity index (χ4v) is 3.48. The maximum absolute atomic E-state index is 13.2. The minimum atomic E-state index is -3.16. The highest BCUT2D eigenvalue weighted by Crippen LogP contribution is 2.37. The molecule has 0 bridgehead atoms. The van der Waals surface area contributed by atoms with E-state index in [9.17, 15) is 23.6 Å². The quantitative estimate of drug-likeness (QED) is 0.369. The third kappa shape index (κ3) is 5.71. The van der Waals surface area contributed by atoms with Gasteiger partial charge in [0.25, 0.3) is 5.91 Å². The molecule has 3 rings (SSSR count). The number of imidazole rings is 1. The van der Waals surface area contributed by atoms with Crippen LogP contribution in [0.1, 0.15) is 42.9 Å². The first-order valence-corrected chi connectivity index (χ1v) is 11.0. The molecule has 0 radical (unpaired) electrons. The lowest BCUT2D eigenvalue weighted by Gasteiger charge is -2.19. The van der Waals surface area contributed by atoms with E-state index in [0.29, 0.717) is 16.8 Å². The van der Waals surface area contributed by atoms with Crippen molar-refractivity contribution in [1.82, 2.24) is 15.3 Å². The van der Waals surface area contributed by atoms with E-state index < -0.39 is 23.9 Å². The molecule has 1 aliphatic rings. The number of amides is 1. The Morgan fingerprint density at radius 1 is 1.31 bits per heavy atom. The average Bonchev–Trinajstić information content (AvgIpc) is 3.55. The van der Waals surface area contributed by atoms with Gasteiger partial charge in [0.05, 0.1) is 32.2 Å². The predicted octanol–water partition coefficient (Wildman–Crippen LogP) is 4.24. The molecule has 1 heterocycles. The van der Waals surface area contributed by atoms with Crippen LogP contribution in [0.2, 0.25) is 0 Å². The molecule has 1 fully saturated rings. The van der Waals surface area contributed by atoms with Crippen LogP contribution in [0, 0.1) is 16.7 Å². The maximum Gasteiger partial charge on any atom is 0.387 e. The van der Waals surface area contributed by atoms with Crippen LogP contribution in [0.5, 0.6) is 11.5 Å². The first kappa shape index (κ1) is 26.4. The summed E-state index contributed by atoms with van der Waals surface area (Å²) in [4.78, 5) is 32.3. The molecule has 190 valence electrons. The van der Waals surface area contributed by atoms with Crippen molar-refractivity contribution >= 4 is 18.0 Å². The van der Waals surface area contributed by atoms with E-state index >= 15 is 0 Å². The molecule has 2 N–H and O–H groups in total. The van der Waals surface area contributed by atoms with E-state index in [1.807, 2.05) is 6.07 Å². The minimum absolute atomic E-state index is 0.00122. The molecule has 9 nitrogen and oxygen atoms in total. The van der Waals surface area contributed by atoms with Gasteiger partial charge < -0.3 is 24.5 Å². The van der Waals surface area contributed by atoms with Crippen molar-refractivity contribution in [1.29, 1.82) is 5.26 Å². The van der Waals surface area contributed by atoms with Gasteiger partial charge >= 0.3 is 12.6 Å². The Balaban J connectivity index is 2.05. The standard InChI is InChI=1S/C25H26F2N4O5/c1-5-6-15(25(2,13-28)23(33)35-4)11-20-29-12-17(31-20)14-9-18(34-3)21(19(10-14)36-24(26)27)22(32)30-16-7-8-16/h5-6,9-12,16,24H,7-8H2,1-4H3,(H,29,31)(H,30,32)/b6-5-,15-11+. The largest absolute Gasteiger partial charge is 0.496 e. The number of ether oxygens (including phenoxy) is 3. The molecule has 1 amide bonds. The second-order valence-electron chi connectivity index (χ2n) is 8.19. The maximum atomic E-state index is 13.2. The Morgan fingerprint density at radius 3 is 2.56 bits per heavy atom. The second-order valence-corrected chi connectivity index (χ2v) is 8.19. The van der Waals surface area contributed by atoms with Gasteiger partial charge in [0.1, 0.15) is 22.9 Å². The number of rotatable bonds is 10. The molecule has 1 unspecified atom stereocenters. The number of aromatic amines is 1. The van der Waals surface area contributed by atoms with Crippen LogP contribution in [-0.4, -0.2) is 48.7 Å². The van der Waals surface area contributed by atoms with Crippen LogP contribution in [0.25, 0.3) is 17.3 Å². The number of benzene rings is 1. The summed E-state index contributed by atoms with van der Waals surface area (Å²) in [6, 6.07) is 4.76. The highest BCUT2D eigenvalue weighted by Gasteiger charge is 2.38. The second kappa shape index (κ2) is 11.0. The topological polar surface area (TPSA) is 126 Å². The molecule has 1 saturated carbocycles. The number of aromatic nitrogens is 2. The SMILES string of the molecule is C/C=C\C(=C/c1ncc(-c2cc(OC)c(C(=O)NC3CC3)c(OC(F)F)c2)[nH]1)C(C)(C#N)C(=O)OC. The van der Waals surface area contributed by atoms with Crippen LogP contribution in [0.15, 0.2) is 36.1 Å². The summed E-state index contributed by atoms with van der Waals surface area (Å²) in [5, 5.41) is 12.4. The first-order chi connectivity index (χ1) is 17.2. The van der Waals surface area contributed by atoms with Gasteiger partial charge in [0, 0.05) is 11.6 Å². The number of allylic oxidation sites excluding steroid dienone is 2. The van der Waals surface area contributed by atoms with Gasteiger partial charge in [-0.1, -0.05) is 12.2 Å². The monoisotopic (exact) mass is 500 g/mol. The molecule has 1 aromatic heterocycles. The number of H-pyrrole nitrogens is 1. The van der Waals surface area contributed by atoms with Crippen LogP contribution in [0.3, 0.4) is 0 Å². The lowest BCUT2D eigenvalue weighted by Crippen LogP contribution is -2.29. The summed E-state index contributed by atoms with van der Waals surface area (Å²) < 4.78 is 41.1. The fourth-order valence-electron chi connectivity index (χ4n) is 3.48. The number of alkyl halides is 2. The van der Waals surface area contributed by atoms with Crippen molar-refractivity contribution in [2.45, 2.75) is 39.3 Å². The Kier molecular flexibility index (Phi) is 8.09. The summed E-state index contributed by atoms with van der Waals surface area (Å²) in [6.07, 6.45) is 7.84. The Hall–Kier alpha value is -4.20. The molecule has 1 aromatic carbocycles. The van der Waals surface area contributed by atoms with E-state index in [0.717, 1.165) is 12.8 Å². The zero-order chi connectivity index (χ0) is 26.5. The number of carbonyl (C=O) groups excluding carboxylic acids is 2. The van der Waals surface area contributed by atoms with Crippen molar-refractivity contribution in [3.05, 3.63) is 47.4 Å². The van der Waals surface area contributed by atoms with Gasteiger partial charge in [0.2, 0.25) is 0 Å². The van der Waals surface area contributed by atoms with Crippen LogP contribution < -0.4 is 14.8 Å². The molecular weight excluding hydrogens is 474 g/mol. The van der Waals surface area contributed by atoms with E-state index in [1.54, 1.807) is 19.1 Å². The van der Waals surface area contributed by atoms with Gasteiger partial charge in [-0.05, 0) is 50.5 Å². The van der Waals surface area contributed by atoms with Crippen molar-refractivity contribution in [3.63, 3.8) is 0 Å². The highest BCUT2D eigenvalue weighted by molar-refractivity contribution is 6.01. The molecular formula is C25H26F2N4O5. The third-order valence-electron chi connectivity index (χ3n) is 5.58. The van der Waals surface area contributed by atoms with Gasteiger partial charge in [0.15, 0.2) is 5.41 Å². The summed E-state index contributed by atoms with van der Waals surface area (Å²) in [7, 11) is 2.51. The van der Waals surface area contributed by atoms with E-state index in [4.69, 9.17) is 9.47 Å². The number of carbonyl (C=O) groups is 2. The molecule has 2 aromatic rings. The number of esters is 1. The number of hydrogen-bond acceptors (Lipinski definition) is 7. The Morgan fingerprint density at radius 2 is 2.00 bits per heavy atom. The zero-order valence-electron chi connectivity index (χ0n) is 20.2. The van der Waals surface area contributed by atoms with Gasteiger partial charge in [-0.25, -0.2) is 9.78 Å². The lowest BCUT2D eigenvalue weighted by molar-refractivity contribution is -0.146. The number of nitrogens with zero attached hydrogens (tertiary/aromatic N) is 2. The molecule has 11 heteroatoms. The summed E-state index contributed by atoms with van der Waals surface area (Å²) in [5.41, 5.74) is -0.643. The molecule has 1 aliphatic carbocycles. The molecule has 0 saturated heterocycles. The summed E-state index contributed by atoms with van der Waals surface area (Å²) in [5.74, 6) is -1.32. The number of nitrogens with one attached hydrogen (secondary N) is 2. The summed E-state index contributed by atoms with van der Waals surface area (Å²) >= 11 is 0. The molecule has 0 aliphatic heterocycles. The zero-order valence-corrected chi connectivity index (χ0v) is 20.2. The summed E-state index contributed by atoms with van der Waals surface area (Å²) in [6.45, 7) is -0.00414. The lowest BCUT2D eigenvalue weighted by atomic mass is 9.83. The minimum Gasteiger partial charge on any atom is -0.496 e. The average molecular weight is 501 g/mol. The van der Waals surface area contributed by atoms with Crippen LogP contribution in [-0.2, 0) is 9.53 Å². The number of methoxy groups -OCH3 is 2. The van der Waals surface area contributed by atoms with Gasteiger partial charge in [-0.15, -0.1) is 0 Å². The van der Waals surface area contributed by atoms with E-state index in [-0.39, 0.29) is 28.9 Å². The van der Waals surface area contributed by atoms with Gasteiger partial charge in [-0.2, -0.15) is 14.0 Å². The van der Waals surface area contributed by atoms with Gasteiger partial charge in [-0.3, -0.25) is 4.79 Å². The number of halogens is 2. The first-order valence-electron chi connectivity index (χ1n) is 11.0. The smallest absolute Gasteiger partial charge is 0.387 e. The van der Waals surface area contributed by atoms with Crippen molar-refractivity contribution in [3.8, 4) is 28.8 Å².